The predicted molar refractivity (Wildman–Crippen MR) is 39.9 cm³/mol. The van der Waals surface area contributed by atoms with E-state index in [1.54, 1.807) is 0 Å². The van der Waals surface area contributed by atoms with Gasteiger partial charge in [-0.1, -0.05) is 6.92 Å². The fourth-order valence-electron chi connectivity index (χ4n) is 0.185. The number of thiol groups is 1. The largest absolute Gasteiger partial charge is 0.223 e. The molecule has 0 aromatic rings. The topological polar surface area (TPSA) is 23.8 Å². The fourth-order valence-corrected chi connectivity index (χ4v) is 2.00. The van der Waals surface area contributed by atoms with Crippen molar-refractivity contribution in [2.75, 3.05) is 5.75 Å². The molecule has 0 rings (SSSR count). The van der Waals surface area contributed by atoms with Gasteiger partial charge < -0.3 is 0 Å². The molecule has 6 heavy (non-hydrogen) atoms. The number of nitrogens with zero attached hydrogens (tertiary/aromatic N) is 1. The Bertz CT molecular complexity index is 82.5. The van der Waals surface area contributed by atoms with Gasteiger partial charge in [0.1, 0.15) is 0 Å². The Hall–Kier alpha value is 0.790. The second-order valence-corrected chi connectivity index (χ2v) is 5.52. The van der Waals surface area contributed by atoms with E-state index in [4.69, 9.17) is 4.61 Å². The fraction of sp³-hybridized carbons (Fsp3) is 1.00. The Balaban J connectivity index is 2.91. The molecule has 0 aromatic carbocycles. The highest BCUT2D eigenvalue weighted by Crippen LogP contribution is 2.17. The summed E-state index contributed by atoms with van der Waals surface area (Å²) >= 11 is 2.06. The molecule has 0 aliphatic carbocycles. The molecule has 0 aromatic heterocycles. The van der Waals surface area contributed by atoms with Gasteiger partial charge in [0.25, 0.3) is 0 Å². The normalized spacial score (nSPS) is 14.2. The lowest BCUT2D eigenvalue weighted by atomic mass is 10.6. The van der Waals surface area contributed by atoms with Gasteiger partial charge in [-0.15, -0.1) is 0 Å². The number of hydrogen-bond acceptors (Lipinski definition) is 1. The molecule has 0 spiro atoms. The first-order chi connectivity index (χ1) is 2.77. The van der Waals surface area contributed by atoms with Gasteiger partial charge >= 0.3 is 0 Å². The van der Waals surface area contributed by atoms with E-state index >= 15 is 0 Å². The number of halogens is 1. The number of rotatable bonds is 1. The van der Waals surface area contributed by atoms with Crippen LogP contribution in [0.2, 0.25) is 0 Å². The molecule has 0 amide bonds. The molecule has 0 fully saturated rings. The lowest BCUT2D eigenvalue weighted by Crippen LogP contribution is -1.63. The molecule has 0 heterocycles. The maximum Gasteiger partial charge on any atom is 0.0139 e. The van der Waals surface area contributed by atoms with Crippen LogP contribution in [0, 0.1) is 4.61 Å². The van der Waals surface area contributed by atoms with Crippen molar-refractivity contribution in [2.45, 2.75) is 13.3 Å². The van der Waals surface area contributed by atoms with E-state index in [2.05, 4.69) is 28.1 Å². The van der Waals surface area contributed by atoms with Gasteiger partial charge in [-0.2, -0.15) is 0 Å². The van der Waals surface area contributed by atoms with Crippen LogP contribution in [0.15, 0.2) is 0 Å². The van der Waals surface area contributed by atoms with Gasteiger partial charge in [-0.05, 0) is 14.1 Å². The summed E-state index contributed by atoms with van der Waals surface area (Å²) in [6, 6.07) is 0. The molecule has 0 saturated carbocycles. The Morgan fingerprint density at radius 3 is 2.33 bits per heavy atom. The van der Waals surface area contributed by atoms with Crippen LogP contribution in [0.5, 0.6) is 0 Å². The van der Waals surface area contributed by atoms with Crippen LogP contribution >= 0.6 is 28.9 Å². The summed E-state index contributed by atoms with van der Waals surface area (Å²) in [4.78, 5) is 0. The van der Waals surface area contributed by atoms with Crippen LogP contribution in [-0.2, 0) is 0 Å². The van der Waals surface area contributed by atoms with E-state index < -0.39 is 7.70 Å². The quantitative estimate of drug-likeness (QED) is 0.528. The highest BCUT2D eigenvalue weighted by atomic mass is 127. The summed E-state index contributed by atoms with van der Waals surface area (Å²) in [5, 5.41) is 0. The van der Waals surface area contributed by atoms with E-state index in [1.165, 1.54) is 0 Å². The van der Waals surface area contributed by atoms with E-state index in [0.717, 1.165) is 12.2 Å². The maximum absolute atomic E-state index is 8.60. The average molecular weight is 217 g/mol. The van der Waals surface area contributed by atoms with Gasteiger partial charge in [0.2, 0.25) is 0 Å². The van der Waals surface area contributed by atoms with Gasteiger partial charge in [0, 0.05) is 27.0 Å². The Morgan fingerprint density at radius 1 is 1.83 bits per heavy atom. The van der Waals surface area contributed by atoms with Crippen LogP contribution in [0.25, 0.3) is 0 Å². The van der Waals surface area contributed by atoms with Crippen molar-refractivity contribution in [1.82, 2.24) is 0 Å². The predicted octanol–water partition coefficient (Wildman–Crippen LogP) is 2.23. The molecule has 0 bridgehead atoms. The second-order valence-electron chi connectivity index (χ2n) is 1.06. The van der Waals surface area contributed by atoms with E-state index in [1.807, 2.05) is 0 Å². The zero-order valence-corrected chi connectivity index (χ0v) is 6.74. The first kappa shape index (κ1) is 6.79. The van der Waals surface area contributed by atoms with Gasteiger partial charge in [0.05, 0.1) is 0 Å². The highest BCUT2D eigenvalue weighted by molar-refractivity contribution is 14.2. The summed E-state index contributed by atoms with van der Waals surface area (Å²) in [5.74, 6) is 0.982. The minimum atomic E-state index is -0.631. The second kappa shape index (κ2) is 3.96. The third kappa shape index (κ3) is 4.79. The van der Waals surface area contributed by atoms with Crippen molar-refractivity contribution in [2.24, 2.45) is 0 Å². The molecule has 1 unspecified atom stereocenters. The van der Waals surface area contributed by atoms with Crippen molar-refractivity contribution in [1.29, 1.82) is 4.61 Å². The van der Waals surface area contributed by atoms with Crippen LogP contribution in [-0.4, -0.2) is 5.75 Å². The summed E-state index contributed by atoms with van der Waals surface area (Å²) in [6.07, 6.45) is 1.10. The lowest BCUT2D eigenvalue weighted by Gasteiger charge is -1.81. The first-order valence-electron chi connectivity index (χ1n) is 1.89. The van der Waals surface area contributed by atoms with Crippen LogP contribution in [0.3, 0.4) is 0 Å². The molecule has 1 atom stereocenters. The Morgan fingerprint density at radius 2 is 2.33 bits per heavy atom. The highest BCUT2D eigenvalue weighted by Gasteiger charge is 1.76. The van der Waals surface area contributed by atoms with Gasteiger partial charge in [-0.25, -0.2) is 4.61 Å². The monoisotopic (exact) mass is 217 g/mol. The lowest BCUT2D eigenvalue weighted by molar-refractivity contribution is 1.11. The van der Waals surface area contributed by atoms with E-state index in [0.29, 0.717) is 0 Å². The van der Waals surface area contributed by atoms with Crippen molar-refractivity contribution >= 4 is 28.9 Å². The Labute approximate surface area is 52.7 Å². The van der Waals surface area contributed by atoms with Crippen molar-refractivity contribution in [3.63, 3.8) is 0 Å². The SMILES string of the molecule is CCC[SH](#N)I. The van der Waals surface area contributed by atoms with Crippen molar-refractivity contribution < 1.29 is 0 Å². The molecule has 38 valence electrons. The van der Waals surface area contributed by atoms with E-state index in [-0.39, 0.29) is 0 Å². The average Bonchev–Trinajstić information content (AvgIpc) is 1.35. The minimum Gasteiger partial charge on any atom is -0.223 e. The molecular formula is C3H8INS. The summed E-state index contributed by atoms with van der Waals surface area (Å²) < 4.78 is 8.60. The summed E-state index contributed by atoms with van der Waals surface area (Å²) in [5.41, 5.74) is 0. The molecule has 0 N–H and O–H groups in total. The first-order valence-corrected chi connectivity index (χ1v) is 6.16. The summed E-state index contributed by atoms with van der Waals surface area (Å²) in [7, 11) is -0.631. The third-order valence-electron chi connectivity index (χ3n) is 0.408. The van der Waals surface area contributed by atoms with Crippen molar-refractivity contribution in [3.8, 4) is 0 Å². The van der Waals surface area contributed by atoms with Crippen LogP contribution in [0.1, 0.15) is 13.3 Å². The van der Waals surface area contributed by atoms with Crippen molar-refractivity contribution in [3.05, 3.63) is 0 Å². The smallest absolute Gasteiger partial charge is 0.0139 e. The van der Waals surface area contributed by atoms with Crippen LogP contribution in [0.4, 0.5) is 0 Å². The van der Waals surface area contributed by atoms with E-state index in [9.17, 15) is 0 Å². The zero-order chi connectivity index (χ0) is 4.99. The molecule has 0 aliphatic rings. The molecule has 0 aliphatic heterocycles. The third-order valence-corrected chi connectivity index (χ3v) is 2.67. The molecular weight excluding hydrogens is 209 g/mol. The maximum atomic E-state index is 8.60. The minimum absolute atomic E-state index is 0.631. The van der Waals surface area contributed by atoms with Gasteiger partial charge in [0.15, 0.2) is 0 Å². The molecule has 0 radical (unpaired) electrons. The zero-order valence-electron chi connectivity index (χ0n) is 3.69. The molecule has 3 heteroatoms. The van der Waals surface area contributed by atoms with Crippen LogP contribution < -0.4 is 0 Å². The standard InChI is InChI=1S/C3H8INS/c1-2-3-6(4)5/h6H,2-3H2,1H3. The Kier molecular flexibility index (Phi) is 4.48. The number of hydrogen-bond donors (Lipinski definition) is 1. The summed E-state index contributed by atoms with van der Waals surface area (Å²) in [6.45, 7) is 2.07. The molecule has 1 nitrogen and oxygen atoms in total. The molecule has 0 saturated heterocycles. The van der Waals surface area contributed by atoms with Gasteiger partial charge in [-0.3, -0.25) is 0 Å².